The molecule has 1 heterocycles. The lowest BCUT2D eigenvalue weighted by atomic mass is 10.1. The van der Waals surface area contributed by atoms with Gasteiger partial charge in [0, 0.05) is 18.1 Å². The molecule has 2 rings (SSSR count). The van der Waals surface area contributed by atoms with Gasteiger partial charge in [0.1, 0.15) is 0 Å². The van der Waals surface area contributed by atoms with Gasteiger partial charge in [0.2, 0.25) is 10.0 Å². The highest BCUT2D eigenvalue weighted by molar-refractivity contribution is 7.89. The number of aromatic amines is 1. The first kappa shape index (κ1) is 13.6. The molecule has 0 radical (unpaired) electrons. The number of hydrogen-bond acceptors (Lipinski definition) is 3. The minimum atomic E-state index is -3.47. The van der Waals surface area contributed by atoms with Crippen LogP contribution in [0.25, 0.3) is 10.9 Å². The Morgan fingerprint density at radius 3 is 2.84 bits per heavy atom. The highest BCUT2D eigenvalue weighted by Gasteiger charge is 2.10. The molecule has 0 fully saturated rings. The summed E-state index contributed by atoms with van der Waals surface area (Å²) in [5, 5.41) is 8.51. The van der Waals surface area contributed by atoms with E-state index in [2.05, 4.69) is 10.3 Å². The van der Waals surface area contributed by atoms with Gasteiger partial charge in [-0.1, -0.05) is 12.1 Å². The molecule has 0 atom stereocenters. The number of amides is 1. The molecule has 1 amide bonds. The predicted octanol–water partition coefficient (Wildman–Crippen LogP) is 0.576. The van der Waals surface area contributed by atoms with E-state index in [1.807, 2.05) is 12.1 Å². The van der Waals surface area contributed by atoms with Crippen LogP contribution >= 0.6 is 0 Å². The number of H-pyrrole nitrogens is 1. The van der Waals surface area contributed by atoms with E-state index < -0.39 is 10.0 Å². The smallest absolute Gasteiger partial charge is 0.253 e. The Morgan fingerprint density at radius 1 is 1.32 bits per heavy atom. The van der Waals surface area contributed by atoms with Crippen LogP contribution in [0.5, 0.6) is 0 Å². The Hall–Kier alpha value is -1.86. The van der Waals surface area contributed by atoms with Crippen molar-refractivity contribution in [2.45, 2.75) is 6.42 Å². The van der Waals surface area contributed by atoms with Crippen molar-refractivity contribution in [3.05, 3.63) is 36.0 Å². The van der Waals surface area contributed by atoms with Gasteiger partial charge in [-0.3, -0.25) is 4.79 Å². The van der Waals surface area contributed by atoms with Crippen LogP contribution < -0.4 is 10.5 Å². The first-order chi connectivity index (χ1) is 8.97. The lowest BCUT2D eigenvalue weighted by molar-refractivity contribution is 0.0955. The van der Waals surface area contributed by atoms with E-state index in [0.717, 1.165) is 10.9 Å². The highest BCUT2D eigenvalue weighted by Crippen LogP contribution is 2.16. The van der Waals surface area contributed by atoms with Crippen LogP contribution in [-0.2, 0) is 10.0 Å². The van der Waals surface area contributed by atoms with E-state index in [9.17, 15) is 13.2 Å². The Kier molecular flexibility index (Phi) is 3.87. The summed E-state index contributed by atoms with van der Waals surface area (Å²) in [6.45, 7) is 0.270. The van der Waals surface area contributed by atoms with Crippen molar-refractivity contribution in [1.82, 2.24) is 10.3 Å². The largest absolute Gasteiger partial charge is 0.361 e. The zero-order chi connectivity index (χ0) is 13.9. The molecule has 4 N–H and O–H groups in total. The molecule has 102 valence electrons. The molecule has 1 aromatic heterocycles. The van der Waals surface area contributed by atoms with Gasteiger partial charge in [-0.15, -0.1) is 0 Å². The predicted molar refractivity (Wildman–Crippen MR) is 73.2 cm³/mol. The molecule has 7 heteroatoms. The second-order valence-electron chi connectivity index (χ2n) is 4.22. The number of nitrogens with one attached hydrogen (secondary N) is 2. The molecule has 0 aliphatic carbocycles. The molecule has 0 unspecified atom stereocenters. The summed E-state index contributed by atoms with van der Waals surface area (Å²) in [5.74, 6) is -0.373. The number of fused-ring (bicyclic) bond motifs is 1. The van der Waals surface area contributed by atoms with E-state index in [0.29, 0.717) is 12.0 Å². The number of benzene rings is 1. The zero-order valence-electron chi connectivity index (χ0n) is 10.2. The van der Waals surface area contributed by atoms with Crippen molar-refractivity contribution < 1.29 is 13.2 Å². The quantitative estimate of drug-likeness (QED) is 0.698. The fraction of sp³-hybridized carbons (Fsp3) is 0.250. The molecule has 0 bridgehead atoms. The Labute approximate surface area is 111 Å². The summed E-state index contributed by atoms with van der Waals surface area (Å²) in [7, 11) is -3.47. The normalized spacial score (nSPS) is 11.6. The van der Waals surface area contributed by atoms with Crippen LogP contribution in [0.3, 0.4) is 0 Å². The minimum Gasteiger partial charge on any atom is -0.361 e. The third-order valence-electron chi connectivity index (χ3n) is 2.72. The van der Waals surface area contributed by atoms with E-state index >= 15 is 0 Å². The number of rotatable bonds is 5. The number of nitrogens with two attached hydrogens (primary N) is 1. The van der Waals surface area contributed by atoms with Crippen molar-refractivity contribution >= 4 is 26.8 Å². The number of primary sulfonamides is 1. The Morgan fingerprint density at radius 2 is 2.11 bits per heavy atom. The molecule has 2 aromatic rings. The summed E-state index contributed by atoms with van der Waals surface area (Å²) in [6.07, 6.45) is 2.06. The monoisotopic (exact) mass is 281 g/mol. The standard InChI is InChI=1S/C12H15N3O3S/c13-19(17,18)8-2-6-15-12(16)10-4-1-3-9-5-7-14-11(9)10/h1,3-5,7,14H,2,6,8H2,(H,15,16)(H2,13,17,18). The fourth-order valence-corrected chi connectivity index (χ4v) is 2.39. The molecule has 1 aromatic carbocycles. The van der Waals surface area contributed by atoms with E-state index in [1.54, 1.807) is 18.3 Å². The zero-order valence-corrected chi connectivity index (χ0v) is 11.0. The van der Waals surface area contributed by atoms with Gasteiger partial charge in [-0.05, 0) is 18.6 Å². The topological polar surface area (TPSA) is 105 Å². The van der Waals surface area contributed by atoms with E-state index in [1.165, 1.54) is 0 Å². The first-order valence-corrected chi connectivity index (χ1v) is 7.54. The number of aromatic nitrogens is 1. The van der Waals surface area contributed by atoms with Gasteiger partial charge in [0.05, 0.1) is 16.8 Å². The summed E-state index contributed by atoms with van der Waals surface area (Å²) >= 11 is 0. The lowest BCUT2D eigenvalue weighted by Crippen LogP contribution is -2.27. The summed E-state index contributed by atoms with van der Waals surface area (Å²) in [5.41, 5.74) is 1.31. The maximum atomic E-state index is 12.0. The number of carbonyl (C=O) groups is 1. The molecule has 0 saturated carbocycles. The third-order valence-corrected chi connectivity index (χ3v) is 3.58. The van der Waals surface area contributed by atoms with Crippen LogP contribution in [-0.4, -0.2) is 31.6 Å². The van der Waals surface area contributed by atoms with Crippen LogP contribution in [0, 0.1) is 0 Å². The Balaban J connectivity index is 1.99. The number of hydrogen-bond donors (Lipinski definition) is 3. The fourth-order valence-electron chi connectivity index (χ4n) is 1.84. The Bertz CT molecular complexity index is 691. The van der Waals surface area contributed by atoms with Crippen molar-refractivity contribution in [1.29, 1.82) is 0 Å². The molecule has 0 aliphatic heterocycles. The molecule has 0 aliphatic rings. The van der Waals surface area contributed by atoms with Gasteiger partial charge in [-0.2, -0.15) is 0 Å². The van der Waals surface area contributed by atoms with Crippen molar-refractivity contribution in [3.63, 3.8) is 0 Å². The molecule has 19 heavy (non-hydrogen) atoms. The van der Waals surface area contributed by atoms with E-state index in [4.69, 9.17) is 5.14 Å². The van der Waals surface area contributed by atoms with Crippen LogP contribution in [0.2, 0.25) is 0 Å². The summed E-state index contributed by atoms with van der Waals surface area (Å²) < 4.78 is 21.5. The third kappa shape index (κ3) is 3.55. The second-order valence-corrected chi connectivity index (χ2v) is 5.96. The second kappa shape index (κ2) is 5.41. The summed E-state index contributed by atoms with van der Waals surface area (Å²) in [4.78, 5) is 15.0. The molecular weight excluding hydrogens is 266 g/mol. The van der Waals surface area contributed by atoms with Crippen LogP contribution in [0.4, 0.5) is 0 Å². The summed E-state index contributed by atoms with van der Waals surface area (Å²) in [6, 6.07) is 7.31. The maximum Gasteiger partial charge on any atom is 0.253 e. The van der Waals surface area contributed by atoms with Gasteiger partial charge < -0.3 is 10.3 Å². The van der Waals surface area contributed by atoms with Gasteiger partial charge in [0.25, 0.3) is 5.91 Å². The molecule has 0 saturated heterocycles. The van der Waals surface area contributed by atoms with Crippen LogP contribution in [0.1, 0.15) is 16.8 Å². The van der Waals surface area contributed by atoms with Gasteiger partial charge in [0.15, 0.2) is 0 Å². The van der Waals surface area contributed by atoms with Crippen molar-refractivity contribution in [2.75, 3.05) is 12.3 Å². The minimum absolute atomic E-state index is 0.139. The lowest BCUT2D eigenvalue weighted by Gasteiger charge is -2.05. The molecular formula is C12H15N3O3S. The average molecular weight is 281 g/mol. The highest BCUT2D eigenvalue weighted by atomic mass is 32.2. The first-order valence-electron chi connectivity index (χ1n) is 5.82. The van der Waals surface area contributed by atoms with Crippen molar-refractivity contribution in [2.24, 2.45) is 5.14 Å². The molecule has 0 spiro atoms. The number of sulfonamides is 1. The maximum absolute atomic E-state index is 12.0. The van der Waals surface area contributed by atoms with Gasteiger partial charge in [-0.25, -0.2) is 13.6 Å². The van der Waals surface area contributed by atoms with Crippen molar-refractivity contribution in [3.8, 4) is 0 Å². The number of para-hydroxylation sites is 1. The van der Waals surface area contributed by atoms with Crippen LogP contribution in [0.15, 0.2) is 30.5 Å². The number of carbonyl (C=O) groups excluding carboxylic acids is 1. The molecule has 6 nitrogen and oxygen atoms in total. The average Bonchev–Trinajstić information content (AvgIpc) is 2.81. The SMILES string of the molecule is NS(=O)(=O)CCCNC(=O)c1cccc2cc[nH]c12. The van der Waals surface area contributed by atoms with E-state index in [-0.39, 0.29) is 18.2 Å². The van der Waals surface area contributed by atoms with Gasteiger partial charge >= 0.3 is 0 Å².